The van der Waals surface area contributed by atoms with Gasteiger partial charge in [0.05, 0.1) is 60.8 Å². The molecule has 0 saturated carbocycles. The Morgan fingerprint density at radius 3 is 2.26 bits per heavy atom. The van der Waals surface area contributed by atoms with Crippen LogP contribution in [0.3, 0.4) is 0 Å². The van der Waals surface area contributed by atoms with Gasteiger partial charge in [0.25, 0.3) is 0 Å². The molecular formula is C44H66N2O12. The van der Waals surface area contributed by atoms with Crippen molar-refractivity contribution >= 4 is 11.9 Å². The van der Waals surface area contributed by atoms with E-state index in [0.29, 0.717) is 36.3 Å². The molecule has 0 spiro atoms. The lowest BCUT2D eigenvalue weighted by atomic mass is 9.80. The summed E-state index contributed by atoms with van der Waals surface area (Å²) in [5, 5.41) is 34.4. The van der Waals surface area contributed by atoms with Crippen LogP contribution in [0.1, 0.15) is 77.2 Å². The van der Waals surface area contributed by atoms with Gasteiger partial charge in [0.2, 0.25) is 5.79 Å². The van der Waals surface area contributed by atoms with Crippen LogP contribution in [0.4, 0.5) is 0 Å². The van der Waals surface area contributed by atoms with Crippen molar-refractivity contribution in [2.75, 3.05) is 41.0 Å². The van der Waals surface area contributed by atoms with E-state index in [-0.39, 0.29) is 31.3 Å². The molecule has 0 aliphatic carbocycles. The van der Waals surface area contributed by atoms with Crippen molar-refractivity contribution in [1.29, 1.82) is 0 Å². The predicted molar refractivity (Wildman–Crippen MR) is 216 cm³/mol. The lowest BCUT2D eigenvalue weighted by Gasteiger charge is -2.48. The van der Waals surface area contributed by atoms with Crippen molar-refractivity contribution in [3.8, 4) is 0 Å². The Morgan fingerprint density at radius 2 is 1.67 bits per heavy atom. The number of rotatable bonds is 21. The summed E-state index contributed by atoms with van der Waals surface area (Å²) in [4.78, 5) is 28.7. The van der Waals surface area contributed by atoms with Crippen LogP contribution in [0.2, 0.25) is 0 Å². The number of carbonyl (C=O) groups is 2. The van der Waals surface area contributed by atoms with E-state index in [4.69, 9.17) is 33.2 Å². The van der Waals surface area contributed by atoms with Gasteiger partial charge in [-0.05, 0) is 77.9 Å². The van der Waals surface area contributed by atoms with E-state index >= 15 is 0 Å². The van der Waals surface area contributed by atoms with E-state index in [1.54, 1.807) is 52.1 Å². The zero-order valence-electron chi connectivity index (χ0n) is 35.8. The first-order valence-corrected chi connectivity index (χ1v) is 20.1. The van der Waals surface area contributed by atoms with Gasteiger partial charge in [-0.1, -0.05) is 62.4 Å². The van der Waals surface area contributed by atoms with E-state index in [2.05, 4.69) is 5.32 Å². The summed E-state index contributed by atoms with van der Waals surface area (Å²) in [6.07, 6.45) is -4.23. The molecule has 2 aliphatic rings. The quantitative estimate of drug-likeness (QED) is 0.132. The van der Waals surface area contributed by atoms with Crippen molar-refractivity contribution < 1.29 is 58.1 Å². The van der Waals surface area contributed by atoms with E-state index in [9.17, 15) is 24.9 Å². The fraction of sp³-hybridized carbons (Fsp3) is 0.636. The molecule has 1 saturated heterocycles. The maximum Gasteiger partial charge on any atom is 0.340 e. The van der Waals surface area contributed by atoms with Crippen LogP contribution in [-0.2, 0) is 44.6 Å². The Balaban J connectivity index is 1.66. The minimum absolute atomic E-state index is 0.144. The van der Waals surface area contributed by atoms with Crippen molar-refractivity contribution in [2.45, 2.75) is 128 Å². The van der Waals surface area contributed by atoms with Crippen LogP contribution in [0.5, 0.6) is 0 Å². The third kappa shape index (κ3) is 12.3. The number of hydrogen-bond acceptors (Lipinski definition) is 14. The van der Waals surface area contributed by atoms with E-state index in [1.165, 1.54) is 0 Å². The van der Waals surface area contributed by atoms with Gasteiger partial charge >= 0.3 is 11.9 Å². The zero-order chi connectivity index (χ0) is 42.8. The maximum absolute atomic E-state index is 13.6. The number of hydrogen-bond donors (Lipinski definition) is 4. The molecule has 4 rings (SSSR count). The Morgan fingerprint density at radius 1 is 1.03 bits per heavy atom. The standard InChI is InChI=1S/C44H66N2O12/c1-27(23-45-33(24-47)37(35(49)25-48)53-26-31-17-13-11-14-18-31)22-44(7,52-10)39(29(3)36-30(4)40(50)58-43(5,6)57-36)56-42-38(34(46(8)9)21-28(2)54-42)55-41(51)32-19-15-12-16-20-32/h11-20,27-29,33-35,37-39,42,45,47-49H,21-26H2,1-10H3/t27-,28-,29+,33+,34+,35+,37+,38-,39-,42+,44-/m1/s1. The second kappa shape index (κ2) is 21.2. The van der Waals surface area contributed by atoms with Crippen molar-refractivity contribution in [1.82, 2.24) is 10.2 Å². The Labute approximate surface area is 343 Å². The van der Waals surface area contributed by atoms with Crippen LogP contribution in [0.25, 0.3) is 0 Å². The summed E-state index contributed by atoms with van der Waals surface area (Å²) in [6.45, 7) is 12.4. The number of cyclic esters (lactones) is 1. The van der Waals surface area contributed by atoms with Gasteiger partial charge in [-0.25, -0.2) is 9.59 Å². The van der Waals surface area contributed by atoms with Crippen LogP contribution < -0.4 is 5.32 Å². The summed E-state index contributed by atoms with van der Waals surface area (Å²) >= 11 is 0. The molecular weight excluding hydrogens is 748 g/mol. The fourth-order valence-electron chi connectivity index (χ4n) is 7.88. The van der Waals surface area contributed by atoms with Gasteiger partial charge in [-0.2, -0.15) is 0 Å². The first-order chi connectivity index (χ1) is 27.4. The number of ether oxygens (including phenoxy) is 7. The molecule has 4 N–H and O–H groups in total. The zero-order valence-corrected chi connectivity index (χ0v) is 35.8. The molecule has 11 atom stereocenters. The number of likely N-dealkylation sites (N-methyl/N-ethyl adjacent to an activating group) is 1. The van der Waals surface area contributed by atoms with Gasteiger partial charge in [0, 0.05) is 26.9 Å². The molecule has 14 nitrogen and oxygen atoms in total. The number of nitrogens with zero attached hydrogens (tertiary/aromatic N) is 1. The molecule has 0 amide bonds. The van der Waals surface area contributed by atoms with Crippen molar-refractivity contribution in [3.63, 3.8) is 0 Å². The molecule has 1 fully saturated rings. The van der Waals surface area contributed by atoms with Crippen LogP contribution in [0.15, 0.2) is 72.0 Å². The van der Waals surface area contributed by atoms with Crippen LogP contribution in [-0.4, -0.2) is 133 Å². The third-order valence-corrected chi connectivity index (χ3v) is 11.0. The second-order valence-electron chi connectivity index (χ2n) is 16.6. The Kier molecular flexibility index (Phi) is 17.3. The van der Waals surface area contributed by atoms with Gasteiger partial charge < -0.3 is 58.7 Å². The van der Waals surface area contributed by atoms with Gasteiger partial charge in [-0.3, -0.25) is 0 Å². The maximum atomic E-state index is 13.6. The molecule has 0 unspecified atom stereocenters. The highest BCUT2D eigenvalue weighted by Gasteiger charge is 2.50. The van der Waals surface area contributed by atoms with Crippen LogP contribution >= 0.6 is 0 Å². The van der Waals surface area contributed by atoms with Gasteiger partial charge in [-0.15, -0.1) is 0 Å². The molecule has 0 radical (unpaired) electrons. The molecule has 58 heavy (non-hydrogen) atoms. The molecule has 2 aromatic carbocycles. The minimum Gasteiger partial charge on any atom is -0.456 e. The van der Waals surface area contributed by atoms with Crippen LogP contribution in [0, 0.1) is 11.8 Å². The molecule has 0 aromatic heterocycles. The summed E-state index contributed by atoms with van der Waals surface area (Å²) in [7, 11) is 5.43. The van der Waals surface area contributed by atoms with Crippen molar-refractivity contribution in [2.24, 2.45) is 11.8 Å². The van der Waals surface area contributed by atoms with E-state index < -0.39 is 72.6 Å². The van der Waals surface area contributed by atoms with Gasteiger partial charge in [0.1, 0.15) is 18.0 Å². The molecule has 14 heteroatoms. The molecule has 2 heterocycles. The number of benzene rings is 2. The smallest absolute Gasteiger partial charge is 0.340 e. The summed E-state index contributed by atoms with van der Waals surface area (Å²) < 4.78 is 44.1. The molecule has 2 aliphatic heterocycles. The fourth-order valence-corrected chi connectivity index (χ4v) is 7.88. The van der Waals surface area contributed by atoms with E-state index in [1.807, 2.05) is 83.1 Å². The number of esters is 2. The first kappa shape index (κ1) is 47.2. The Bertz CT molecular complexity index is 1620. The normalized spacial score (nSPS) is 25.1. The number of carbonyl (C=O) groups excluding carboxylic acids is 2. The average molecular weight is 815 g/mol. The number of methoxy groups -OCH3 is 1. The first-order valence-electron chi connectivity index (χ1n) is 20.1. The minimum atomic E-state index is -1.25. The summed E-state index contributed by atoms with van der Waals surface area (Å²) in [6, 6.07) is 17.2. The molecule has 324 valence electrons. The highest BCUT2D eigenvalue weighted by atomic mass is 16.7. The second-order valence-corrected chi connectivity index (χ2v) is 16.6. The highest BCUT2D eigenvalue weighted by Crippen LogP contribution is 2.41. The number of nitrogens with one attached hydrogen (secondary N) is 1. The lowest BCUT2D eigenvalue weighted by Crippen LogP contribution is -2.60. The monoisotopic (exact) mass is 814 g/mol. The largest absolute Gasteiger partial charge is 0.456 e. The Hall–Kier alpha value is -3.44. The molecule has 0 bridgehead atoms. The molecule has 2 aromatic rings. The van der Waals surface area contributed by atoms with Crippen molar-refractivity contribution in [3.05, 3.63) is 83.1 Å². The average Bonchev–Trinajstić information content (AvgIpc) is 3.20. The topological polar surface area (TPSA) is 175 Å². The number of aliphatic hydroxyl groups is 3. The highest BCUT2D eigenvalue weighted by molar-refractivity contribution is 5.89. The summed E-state index contributed by atoms with van der Waals surface area (Å²) in [5.41, 5.74) is 0.479. The van der Waals surface area contributed by atoms with Gasteiger partial charge in [0.15, 0.2) is 12.4 Å². The SMILES string of the molecule is CO[C@](C)(C[C@@H](C)CN[C@@H](CO)[C@H](OCc1ccccc1)[C@@H](O)CO)[C@H](O[C@@H]1O[C@H](C)C[C@H](N(C)C)[C@H]1OC(=O)c1ccccc1)[C@@H](C)C1=C(C)C(=O)OC(C)(C)O1. The third-order valence-electron chi connectivity index (χ3n) is 11.0. The summed E-state index contributed by atoms with van der Waals surface area (Å²) in [5.74, 6) is -2.65. The van der Waals surface area contributed by atoms with E-state index in [0.717, 1.165) is 5.56 Å². The number of aliphatic hydroxyl groups excluding tert-OH is 3. The predicted octanol–water partition coefficient (Wildman–Crippen LogP) is 4.20. The lowest BCUT2D eigenvalue weighted by molar-refractivity contribution is -0.298.